The van der Waals surface area contributed by atoms with Crippen molar-refractivity contribution in [1.82, 2.24) is 0 Å². The van der Waals surface area contributed by atoms with E-state index in [4.69, 9.17) is 4.74 Å². The van der Waals surface area contributed by atoms with Crippen LogP contribution >= 0.6 is 0 Å². The highest BCUT2D eigenvalue weighted by atomic mass is 16.5. The Morgan fingerprint density at radius 3 is 2.44 bits per heavy atom. The van der Waals surface area contributed by atoms with Crippen molar-refractivity contribution >= 4 is 17.3 Å². The fourth-order valence-corrected chi connectivity index (χ4v) is 2.01. The van der Waals surface area contributed by atoms with Crippen molar-refractivity contribution < 1.29 is 9.53 Å². The molecule has 1 aliphatic rings. The van der Waals surface area contributed by atoms with E-state index in [0.717, 1.165) is 24.2 Å². The van der Waals surface area contributed by atoms with Crippen molar-refractivity contribution in [2.24, 2.45) is 0 Å². The van der Waals surface area contributed by atoms with Gasteiger partial charge in [0.05, 0.1) is 6.10 Å². The maximum Gasteiger partial charge on any atom is 0.224 e. The minimum atomic E-state index is 0.0395. The second-order valence-electron chi connectivity index (χ2n) is 4.65. The molecule has 0 unspecified atom stereocenters. The SMILES string of the molecule is CCC(=O)Nc1ccc(NC2CC(OC)C2)cc1. The van der Waals surface area contributed by atoms with E-state index in [2.05, 4.69) is 10.6 Å². The van der Waals surface area contributed by atoms with Gasteiger partial charge >= 0.3 is 0 Å². The molecule has 18 heavy (non-hydrogen) atoms. The van der Waals surface area contributed by atoms with Crippen LogP contribution in [0.3, 0.4) is 0 Å². The van der Waals surface area contributed by atoms with Gasteiger partial charge in [0.1, 0.15) is 0 Å². The van der Waals surface area contributed by atoms with Crippen molar-refractivity contribution in [2.75, 3.05) is 17.7 Å². The highest BCUT2D eigenvalue weighted by molar-refractivity contribution is 5.90. The third-order valence-corrected chi connectivity index (χ3v) is 3.29. The zero-order valence-electron chi connectivity index (χ0n) is 10.9. The summed E-state index contributed by atoms with van der Waals surface area (Å²) in [5, 5.41) is 6.27. The lowest BCUT2D eigenvalue weighted by molar-refractivity contribution is -0.115. The van der Waals surface area contributed by atoms with Crippen LogP contribution in [0.5, 0.6) is 0 Å². The second-order valence-corrected chi connectivity index (χ2v) is 4.65. The number of carbonyl (C=O) groups excluding carboxylic acids is 1. The second kappa shape index (κ2) is 5.87. The smallest absolute Gasteiger partial charge is 0.224 e. The van der Waals surface area contributed by atoms with Gasteiger partial charge in [-0.05, 0) is 37.1 Å². The van der Waals surface area contributed by atoms with E-state index >= 15 is 0 Å². The van der Waals surface area contributed by atoms with E-state index in [0.29, 0.717) is 18.6 Å². The fraction of sp³-hybridized carbons (Fsp3) is 0.500. The Labute approximate surface area is 108 Å². The monoisotopic (exact) mass is 248 g/mol. The number of rotatable bonds is 5. The molecule has 0 aliphatic heterocycles. The summed E-state index contributed by atoms with van der Waals surface area (Å²) >= 11 is 0. The highest BCUT2D eigenvalue weighted by Gasteiger charge is 2.28. The molecule has 0 aromatic heterocycles. The summed E-state index contributed by atoms with van der Waals surface area (Å²) in [6, 6.07) is 8.33. The van der Waals surface area contributed by atoms with Crippen LogP contribution in [0.15, 0.2) is 24.3 Å². The molecule has 0 bridgehead atoms. The number of methoxy groups -OCH3 is 1. The average Bonchev–Trinajstić information content (AvgIpc) is 2.35. The predicted octanol–water partition coefficient (Wildman–Crippen LogP) is 2.62. The summed E-state index contributed by atoms with van der Waals surface area (Å²) in [7, 11) is 1.76. The van der Waals surface area contributed by atoms with E-state index in [9.17, 15) is 4.79 Å². The molecular formula is C14H20N2O2. The number of benzene rings is 1. The Bertz CT molecular complexity index is 397. The highest BCUT2D eigenvalue weighted by Crippen LogP contribution is 2.26. The molecule has 0 spiro atoms. The fourth-order valence-electron chi connectivity index (χ4n) is 2.01. The first-order valence-electron chi connectivity index (χ1n) is 6.40. The van der Waals surface area contributed by atoms with Gasteiger partial charge in [-0.1, -0.05) is 6.92 Å². The van der Waals surface area contributed by atoms with E-state index in [-0.39, 0.29) is 5.91 Å². The summed E-state index contributed by atoms with van der Waals surface area (Å²) in [4.78, 5) is 11.2. The van der Waals surface area contributed by atoms with E-state index in [1.54, 1.807) is 7.11 Å². The third-order valence-electron chi connectivity index (χ3n) is 3.29. The quantitative estimate of drug-likeness (QED) is 0.842. The van der Waals surface area contributed by atoms with Crippen LogP contribution in [-0.2, 0) is 9.53 Å². The largest absolute Gasteiger partial charge is 0.382 e. The van der Waals surface area contributed by atoms with E-state index < -0.39 is 0 Å². The molecular weight excluding hydrogens is 228 g/mol. The third kappa shape index (κ3) is 3.23. The van der Waals surface area contributed by atoms with E-state index in [1.807, 2.05) is 31.2 Å². The maximum absolute atomic E-state index is 11.2. The molecule has 2 rings (SSSR count). The summed E-state index contributed by atoms with van der Waals surface area (Å²) in [6.07, 6.45) is 3.03. The molecule has 1 amide bonds. The molecule has 1 aromatic rings. The standard InChI is InChI=1S/C14H20N2O2/c1-3-14(17)16-11-6-4-10(5-7-11)15-12-8-13(9-12)18-2/h4-7,12-13,15H,3,8-9H2,1-2H3,(H,16,17). The van der Waals surface area contributed by atoms with Gasteiger partial charge < -0.3 is 15.4 Å². The molecule has 4 nitrogen and oxygen atoms in total. The van der Waals surface area contributed by atoms with Crippen LogP contribution < -0.4 is 10.6 Å². The molecule has 4 heteroatoms. The molecule has 0 atom stereocenters. The maximum atomic E-state index is 11.2. The number of anilines is 2. The summed E-state index contributed by atoms with van der Waals surface area (Å²) in [5.41, 5.74) is 1.93. The normalized spacial score (nSPS) is 22.1. The Morgan fingerprint density at radius 2 is 1.89 bits per heavy atom. The minimum absolute atomic E-state index is 0.0395. The molecule has 1 aromatic carbocycles. The number of hydrogen-bond donors (Lipinski definition) is 2. The van der Waals surface area contributed by atoms with Crippen LogP contribution in [0.2, 0.25) is 0 Å². The lowest BCUT2D eigenvalue weighted by atomic mass is 9.89. The Kier molecular flexibility index (Phi) is 4.20. The van der Waals surface area contributed by atoms with Crippen LogP contribution in [0.25, 0.3) is 0 Å². The molecule has 98 valence electrons. The first-order chi connectivity index (χ1) is 8.71. The molecule has 2 N–H and O–H groups in total. The van der Waals surface area contributed by atoms with Crippen molar-refractivity contribution in [3.05, 3.63) is 24.3 Å². The van der Waals surface area contributed by atoms with Crippen LogP contribution in [0, 0.1) is 0 Å². The number of carbonyl (C=O) groups is 1. The van der Waals surface area contributed by atoms with Crippen LogP contribution in [-0.4, -0.2) is 25.2 Å². The summed E-state index contributed by atoms with van der Waals surface area (Å²) < 4.78 is 5.24. The van der Waals surface area contributed by atoms with Crippen molar-refractivity contribution in [3.63, 3.8) is 0 Å². The van der Waals surface area contributed by atoms with Gasteiger partial charge in [0.15, 0.2) is 0 Å². The first-order valence-corrected chi connectivity index (χ1v) is 6.40. The average molecular weight is 248 g/mol. The topological polar surface area (TPSA) is 50.4 Å². The zero-order valence-corrected chi connectivity index (χ0v) is 10.9. The first kappa shape index (κ1) is 12.9. The van der Waals surface area contributed by atoms with Gasteiger partial charge in [0, 0.05) is 30.9 Å². The number of amides is 1. The molecule has 1 saturated carbocycles. The lowest BCUT2D eigenvalue weighted by Gasteiger charge is -2.35. The minimum Gasteiger partial charge on any atom is -0.382 e. The molecule has 1 aliphatic carbocycles. The van der Waals surface area contributed by atoms with Gasteiger partial charge in [0.2, 0.25) is 5.91 Å². The van der Waals surface area contributed by atoms with Gasteiger partial charge in [-0.25, -0.2) is 0 Å². The predicted molar refractivity (Wildman–Crippen MR) is 72.8 cm³/mol. The molecule has 0 heterocycles. The van der Waals surface area contributed by atoms with E-state index in [1.165, 1.54) is 0 Å². The van der Waals surface area contributed by atoms with Gasteiger partial charge in [-0.2, -0.15) is 0 Å². The molecule has 1 fully saturated rings. The Hall–Kier alpha value is -1.55. The van der Waals surface area contributed by atoms with Crippen LogP contribution in [0.1, 0.15) is 26.2 Å². The summed E-state index contributed by atoms with van der Waals surface area (Å²) in [5.74, 6) is 0.0395. The van der Waals surface area contributed by atoms with Crippen molar-refractivity contribution in [2.45, 2.75) is 38.3 Å². The zero-order chi connectivity index (χ0) is 13.0. The van der Waals surface area contributed by atoms with Gasteiger partial charge in [-0.3, -0.25) is 4.79 Å². The van der Waals surface area contributed by atoms with Crippen molar-refractivity contribution in [1.29, 1.82) is 0 Å². The Morgan fingerprint density at radius 1 is 1.28 bits per heavy atom. The Balaban J connectivity index is 1.83. The van der Waals surface area contributed by atoms with Crippen molar-refractivity contribution in [3.8, 4) is 0 Å². The lowest BCUT2D eigenvalue weighted by Crippen LogP contribution is -2.40. The van der Waals surface area contributed by atoms with Crippen LogP contribution in [0.4, 0.5) is 11.4 Å². The number of ether oxygens (including phenoxy) is 1. The van der Waals surface area contributed by atoms with Gasteiger partial charge in [0.25, 0.3) is 0 Å². The molecule has 0 radical (unpaired) electrons. The number of hydrogen-bond acceptors (Lipinski definition) is 3. The van der Waals surface area contributed by atoms with Gasteiger partial charge in [-0.15, -0.1) is 0 Å². The molecule has 0 saturated heterocycles. The number of nitrogens with one attached hydrogen (secondary N) is 2. The summed E-state index contributed by atoms with van der Waals surface area (Å²) in [6.45, 7) is 1.84.